The van der Waals surface area contributed by atoms with Gasteiger partial charge in [0.25, 0.3) is 0 Å². The van der Waals surface area contributed by atoms with Crippen LogP contribution >= 0.6 is 0 Å². The Kier molecular flexibility index (Phi) is 4.41. The van der Waals surface area contributed by atoms with Crippen LogP contribution in [0, 0.1) is 0 Å². The second kappa shape index (κ2) is 5.65. The zero-order chi connectivity index (χ0) is 12.3. The fourth-order valence-corrected chi connectivity index (χ4v) is 4.09. The number of sulfonamides is 1. The Labute approximate surface area is 104 Å². The molecular formula is C11H23N3O2S. The summed E-state index contributed by atoms with van der Waals surface area (Å²) in [7, 11) is -3.11. The van der Waals surface area contributed by atoms with E-state index in [9.17, 15) is 8.42 Å². The van der Waals surface area contributed by atoms with Gasteiger partial charge < -0.3 is 10.6 Å². The van der Waals surface area contributed by atoms with Crippen LogP contribution < -0.4 is 10.6 Å². The summed E-state index contributed by atoms with van der Waals surface area (Å²) in [4.78, 5) is 0. The van der Waals surface area contributed by atoms with Crippen LogP contribution in [0.25, 0.3) is 0 Å². The van der Waals surface area contributed by atoms with Gasteiger partial charge >= 0.3 is 0 Å². The highest BCUT2D eigenvalue weighted by Crippen LogP contribution is 2.15. The van der Waals surface area contributed by atoms with Gasteiger partial charge in [0.2, 0.25) is 10.0 Å². The molecule has 0 aromatic carbocycles. The third-order valence-electron chi connectivity index (χ3n) is 3.67. The van der Waals surface area contributed by atoms with E-state index in [-0.39, 0.29) is 5.25 Å². The highest BCUT2D eigenvalue weighted by atomic mass is 32.2. The smallest absolute Gasteiger partial charge is 0.218 e. The van der Waals surface area contributed by atoms with E-state index in [1.165, 1.54) is 12.8 Å². The SMILES string of the molecule is CC1CNCCN(CC2CCCCN2)S1(=O)=O. The van der Waals surface area contributed by atoms with Crippen LogP contribution in [-0.4, -0.2) is 56.7 Å². The van der Waals surface area contributed by atoms with Crippen LogP contribution in [-0.2, 0) is 10.0 Å². The van der Waals surface area contributed by atoms with Crippen LogP contribution in [0.2, 0.25) is 0 Å². The third kappa shape index (κ3) is 3.19. The fourth-order valence-electron chi connectivity index (χ4n) is 2.52. The maximum absolute atomic E-state index is 12.3. The zero-order valence-corrected chi connectivity index (χ0v) is 11.3. The molecule has 6 heteroatoms. The number of nitrogens with one attached hydrogen (secondary N) is 2. The van der Waals surface area contributed by atoms with Crippen LogP contribution in [0.5, 0.6) is 0 Å². The molecule has 2 aliphatic heterocycles. The summed E-state index contributed by atoms with van der Waals surface area (Å²) in [6.45, 7) is 5.37. The van der Waals surface area contributed by atoms with Gasteiger partial charge in [-0.3, -0.25) is 0 Å². The van der Waals surface area contributed by atoms with E-state index in [1.807, 2.05) is 0 Å². The van der Waals surface area contributed by atoms with E-state index in [4.69, 9.17) is 0 Å². The van der Waals surface area contributed by atoms with Gasteiger partial charge in [0, 0.05) is 32.2 Å². The minimum Gasteiger partial charge on any atom is -0.314 e. The van der Waals surface area contributed by atoms with Gasteiger partial charge in [-0.2, -0.15) is 4.31 Å². The predicted octanol–water partition coefficient (Wildman–Crippen LogP) is -0.248. The lowest BCUT2D eigenvalue weighted by atomic mass is 10.1. The third-order valence-corrected chi connectivity index (χ3v) is 5.91. The molecular weight excluding hydrogens is 238 g/mol. The molecule has 2 N–H and O–H groups in total. The molecule has 2 fully saturated rings. The van der Waals surface area contributed by atoms with Gasteiger partial charge in [-0.1, -0.05) is 6.42 Å². The van der Waals surface area contributed by atoms with Crippen molar-refractivity contribution in [2.75, 3.05) is 32.7 Å². The van der Waals surface area contributed by atoms with Gasteiger partial charge in [-0.05, 0) is 26.3 Å². The molecule has 100 valence electrons. The van der Waals surface area contributed by atoms with Gasteiger partial charge in [-0.15, -0.1) is 0 Å². The average Bonchev–Trinajstić information content (AvgIpc) is 2.44. The molecule has 2 saturated heterocycles. The predicted molar refractivity (Wildman–Crippen MR) is 68.5 cm³/mol. The lowest BCUT2D eigenvalue weighted by molar-refractivity contribution is 0.315. The summed E-state index contributed by atoms with van der Waals surface area (Å²) in [6, 6.07) is 0.337. The fraction of sp³-hybridized carbons (Fsp3) is 1.00. The Balaban J connectivity index is 2.01. The summed E-state index contributed by atoms with van der Waals surface area (Å²) in [5.41, 5.74) is 0. The lowest BCUT2D eigenvalue weighted by Crippen LogP contribution is -2.47. The van der Waals surface area contributed by atoms with Crippen LogP contribution in [0.1, 0.15) is 26.2 Å². The van der Waals surface area contributed by atoms with Crippen molar-refractivity contribution in [1.29, 1.82) is 0 Å². The number of rotatable bonds is 2. The highest BCUT2D eigenvalue weighted by molar-refractivity contribution is 7.89. The van der Waals surface area contributed by atoms with Crippen molar-refractivity contribution in [3.8, 4) is 0 Å². The van der Waals surface area contributed by atoms with Crippen LogP contribution in [0.4, 0.5) is 0 Å². The molecule has 0 radical (unpaired) electrons. The van der Waals surface area contributed by atoms with Crippen molar-refractivity contribution in [2.24, 2.45) is 0 Å². The van der Waals surface area contributed by atoms with Gasteiger partial charge in [-0.25, -0.2) is 8.42 Å². The maximum Gasteiger partial charge on any atom is 0.218 e. The van der Waals surface area contributed by atoms with Crippen LogP contribution in [0.3, 0.4) is 0 Å². The summed E-state index contributed by atoms with van der Waals surface area (Å²) in [6.07, 6.45) is 3.51. The minimum absolute atomic E-state index is 0.311. The zero-order valence-electron chi connectivity index (χ0n) is 10.5. The molecule has 0 aliphatic carbocycles. The Hall–Kier alpha value is -0.170. The van der Waals surface area contributed by atoms with Crippen LogP contribution in [0.15, 0.2) is 0 Å². The number of hydrogen-bond acceptors (Lipinski definition) is 4. The van der Waals surface area contributed by atoms with Crippen molar-refractivity contribution in [2.45, 2.75) is 37.5 Å². The number of nitrogens with zero attached hydrogens (tertiary/aromatic N) is 1. The van der Waals surface area contributed by atoms with Gasteiger partial charge in [0.05, 0.1) is 5.25 Å². The van der Waals surface area contributed by atoms with Gasteiger partial charge in [0.1, 0.15) is 0 Å². The van der Waals surface area contributed by atoms with E-state index in [2.05, 4.69) is 10.6 Å². The second-order valence-electron chi connectivity index (χ2n) is 5.06. The molecule has 0 aromatic heterocycles. The molecule has 2 aliphatic rings. The van der Waals surface area contributed by atoms with E-state index in [1.54, 1.807) is 11.2 Å². The first-order chi connectivity index (χ1) is 8.10. The van der Waals surface area contributed by atoms with Crippen molar-refractivity contribution < 1.29 is 8.42 Å². The number of piperidine rings is 1. The quantitative estimate of drug-likeness (QED) is 0.720. The molecule has 0 spiro atoms. The molecule has 2 heterocycles. The monoisotopic (exact) mass is 261 g/mol. The molecule has 0 saturated carbocycles. The lowest BCUT2D eigenvalue weighted by Gasteiger charge is -2.30. The normalized spacial score (nSPS) is 35.4. The number of hydrogen-bond donors (Lipinski definition) is 2. The highest BCUT2D eigenvalue weighted by Gasteiger charge is 2.32. The van der Waals surface area contributed by atoms with E-state index in [0.717, 1.165) is 19.5 Å². The molecule has 2 atom stereocenters. The molecule has 5 nitrogen and oxygen atoms in total. The summed E-state index contributed by atoms with van der Waals surface area (Å²) < 4.78 is 26.2. The Bertz CT molecular complexity index is 339. The van der Waals surface area contributed by atoms with Crippen molar-refractivity contribution in [3.05, 3.63) is 0 Å². The largest absolute Gasteiger partial charge is 0.314 e. The Morgan fingerprint density at radius 3 is 2.82 bits per heavy atom. The first kappa shape index (κ1) is 13.3. The summed E-state index contributed by atoms with van der Waals surface area (Å²) >= 11 is 0. The molecule has 17 heavy (non-hydrogen) atoms. The minimum atomic E-state index is -3.11. The Morgan fingerprint density at radius 1 is 1.29 bits per heavy atom. The van der Waals surface area contributed by atoms with Crippen molar-refractivity contribution >= 4 is 10.0 Å². The topological polar surface area (TPSA) is 61.4 Å². The standard InChI is InChI=1S/C11H23N3O2S/c1-10-8-12-6-7-14(17(10,15)16)9-11-4-2-3-5-13-11/h10-13H,2-9H2,1H3. The molecule has 2 unspecified atom stereocenters. The van der Waals surface area contributed by atoms with E-state index < -0.39 is 10.0 Å². The summed E-state index contributed by atoms with van der Waals surface area (Å²) in [5.74, 6) is 0. The first-order valence-corrected chi connectivity index (χ1v) is 8.04. The molecule has 0 bridgehead atoms. The van der Waals surface area contributed by atoms with E-state index in [0.29, 0.717) is 25.7 Å². The molecule has 2 rings (SSSR count). The maximum atomic E-state index is 12.3. The van der Waals surface area contributed by atoms with E-state index >= 15 is 0 Å². The Morgan fingerprint density at radius 2 is 2.12 bits per heavy atom. The average molecular weight is 261 g/mol. The molecule has 0 amide bonds. The second-order valence-corrected chi connectivity index (χ2v) is 7.42. The first-order valence-electron chi connectivity index (χ1n) is 6.54. The van der Waals surface area contributed by atoms with Crippen molar-refractivity contribution in [1.82, 2.24) is 14.9 Å². The molecule has 0 aromatic rings. The van der Waals surface area contributed by atoms with Crippen molar-refractivity contribution in [3.63, 3.8) is 0 Å². The van der Waals surface area contributed by atoms with Gasteiger partial charge in [0.15, 0.2) is 0 Å². The summed E-state index contributed by atoms with van der Waals surface area (Å²) in [5, 5.41) is 6.28.